The lowest BCUT2D eigenvalue weighted by molar-refractivity contribution is -0.385. The largest absolute Gasteiger partial charge is 0.488 e. The van der Waals surface area contributed by atoms with Gasteiger partial charge in [0.25, 0.3) is 5.69 Å². The second-order valence-electron chi connectivity index (χ2n) is 4.26. The number of hydrogen-bond acceptors (Lipinski definition) is 4. The number of rotatable bonds is 6. The molecule has 2 aromatic rings. The third-order valence-corrected chi connectivity index (χ3v) is 2.93. The van der Waals surface area contributed by atoms with Crippen molar-refractivity contribution < 1.29 is 14.8 Å². The van der Waals surface area contributed by atoms with Gasteiger partial charge in [-0.05, 0) is 24.1 Å². The Morgan fingerprint density at radius 2 is 1.70 bits per heavy atom. The number of ether oxygens (including phenoxy) is 1. The maximum atomic E-state index is 10.9. The molecule has 0 fully saturated rings. The summed E-state index contributed by atoms with van der Waals surface area (Å²) in [6.45, 7) is 0.158. The normalized spacial score (nSPS) is 10.2. The predicted octanol–water partition coefficient (Wildman–Crippen LogP) is 2.71. The Morgan fingerprint density at radius 3 is 2.40 bits per heavy atom. The number of nitrogens with zero attached hydrogens (tertiary/aromatic N) is 1. The molecular formula is C15H15NO4. The minimum absolute atomic E-state index is 0.0336. The molecule has 0 saturated heterocycles. The lowest BCUT2D eigenvalue weighted by Gasteiger charge is -2.10. The fourth-order valence-corrected chi connectivity index (χ4v) is 1.94. The Kier molecular flexibility index (Phi) is 4.68. The van der Waals surface area contributed by atoms with E-state index in [4.69, 9.17) is 9.84 Å². The molecule has 0 aliphatic carbocycles. The number of aliphatic hydroxyl groups is 1. The average Bonchev–Trinajstić information content (AvgIpc) is 2.47. The van der Waals surface area contributed by atoms with Crippen LogP contribution in [-0.4, -0.2) is 16.6 Å². The van der Waals surface area contributed by atoms with Crippen LogP contribution in [-0.2, 0) is 13.0 Å². The first kappa shape index (κ1) is 14.0. The topological polar surface area (TPSA) is 72.6 Å². The van der Waals surface area contributed by atoms with E-state index in [-0.39, 0.29) is 18.9 Å². The molecule has 0 amide bonds. The fourth-order valence-electron chi connectivity index (χ4n) is 1.94. The Labute approximate surface area is 116 Å². The molecule has 2 rings (SSSR count). The number of benzene rings is 2. The quantitative estimate of drug-likeness (QED) is 0.648. The van der Waals surface area contributed by atoms with Crippen molar-refractivity contribution in [3.63, 3.8) is 0 Å². The maximum absolute atomic E-state index is 10.9. The second-order valence-corrected chi connectivity index (χ2v) is 4.26. The molecule has 0 aromatic heterocycles. The molecule has 5 nitrogen and oxygen atoms in total. The Hall–Kier alpha value is -2.40. The summed E-state index contributed by atoms with van der Waals surface area (Å²) >= 11 is 0. The van der Waals surface area contributed by atoms with Crippen molar-refractivity contribution in [1.29, 1.82) is 0 Å². The molecule has 1 N–H and O–H groups in total. The molecule has 5 heteroatoms. The summed E-state index contributed by atoms with van der Waals surface area (Å²) in [5.74, 6) is 0.639. The molecule has 2 aromatic carbocycles. The molecule has 0 bridgehead atoms. The van der Waals surface area contributed by atoms with Crippen LogP contribution in [0.3, 0.4) is 0 Å². The highest BCUT2D eigenvalue weighted by Gasteiger charge is 2.13. The summed E-state index contributed by atoms with van der Waals surface area (Å²) in [4.78, 5) is 10.5. The van der Waals surface area contributed by atoms with E-state index in [0.29, 0.717) is 17.7 Å². The van der Waals surface area contributed by atoms with Crippen molar-refractivity contribution >= 4 is 5.69 Å². The molecule has 0 aliphatic heterocycles. The summed E-state index contributed by atoms with van der Waals surface area (Å²) in [6, 6.07) is 13.8. The van der Waals surface area contributed by atoms with E-state index in [0.717, 1.165) is 5.56 Å². The van der Waals surface area contributed by atoms with Crippen molar-refractivity contribution in [2.45, 2.75) is 13.0 Å². The van der Waals surface area contributed by atoms with Crippen LogP contribution in [0.25, 0.3) is 0 Å². The molecule has 0 unspecified atom stereocenters. The lowest BCUT2D eigenvalue weighted by Crippen LogP contribution is -2.02. The molecule has 0 aliphatic rings. The van der Waals surface area contributed by atoms with Crippen LogP contribution >= 0.6 is 0 Å². The van der Waals surface area contributed by atoms with Gasteiger partial charge in [-0.2, -0.15) is 0 Å². The maximum Gasteiger partial charge on any atom is 0.276 e. The summed E-state index contributed by atoms with van der Waals surface area (Å²) in [5.41, 5.74) is 1.46. The summed E-state index contributed by atoms with van der Waals surface area (Å²) in [5, 5.41) is 19.9. The third kappa shape index (κ3) is 3.33. The standard InChI is InChI=1S/C15H15NO4/c17-10-9-12-5-2-4-8-15(12)20-11-13-6-1-3-7-14(13)16(18)19/h1-8,17H,9-11H2. The molecule has 0 radical (unpaired) electrons. The minimum atomic E-state index is -0.418. The molecule has 0 atom stereocenters. The van der Waals surface area contributed by atoms with Gasteiger partial charge in [0.2, 0.25) is 0 Å². The van der Waals surface area contributed by atoms with Crippen LogP contribution < -0.4 is 4.74 Å². The van der Waals surface area contributed by atoms with Gasteiger partial charge >= 0.3 is 0 Å². The summed E-state index contributed by atoms with van der Waals surface area (Å²) < 4.78 is 5.65. The molecule has 0 heterocycles. The average molecular weight is 273 g/mol. The van der Waals surface area contributed by atoms with Crippen LogP contribution in [0.5, 0.6) is 5.75 Å². The van der Waals surface area contributed by atoms with E-state index < -0.39 is 4.92 Å². The highest BCUT2D eigenvalue weighted by atomic mass is 16.6. The van der Waals surface area contributed by atoms with Gasteiger partial charge in [0.15, 0.2) is 0 Å². The molecular weight excluding hydrogens is 258 g/mol. The lowest BCUT2D eigenvalue weighted by atomic mass is 10.1. The first-order valence-corrected chi connectivity index (χ1v) is 6.26. The fraction of sp³-hybridized carbons (Fsp3) is 0.200. The number of hydrogen-bond donors (Lipinski definition) is 1. The molecule has 104 valence electrons. The highest BCUT2D eigenvalue weighted by molar-refractivity contribution is 5.40. The first-order valence-electron chi connectivity index (χ1n) is 6.26. The zero-order valence-corrected chi connectivity index (χ0v) is 10.9. The van der Waals surface area contributed by atoms with Gasteiger partial charge in [0, 0.05) is 12.7 Å². The van der Waals surface area contributed by atoms with E-state index in [1.165, 1.54) is 6.07 Å². The SMILES string of the molecule is O=[N+]([O-])c1ccccc1COc1ccccc1CCO. The van der Waals surface area contributed by atoms with Crippen LogP contribution in [0.1, 0.15) is 11.1 Å². The highest BCUT2D eigenvalue weighted by Crippen LogP contribution is 2.23. The van der Waals surface area contributed by atoms with Crippen molar-refractivity contribution in [2.24, 2.45) is 0 Å². The molecule has 0 spiro atoms. The Morgan fingerprint density at radius 1 is 1.05 bits per heavy atom. The van der Waals surface area contributed by atoms with E-state index in [2.05, 4.69) is 0 Å². The summed E-state index contributed by atoms with van der Waals surface area (Å²) in [7, 11) is 0. The van der Waals surface area contributed by atoms with Gasteiger partial charge in [-0.3, -0.25) is 10.1 Å². The van der Waals surface area contributed by atoms with Crippen LogP contribution in [0.15, 0.2) is 48.5 Å². The van der Waals surface area contributed by atoms with Crippen molar-refractivity contribution in [1.82, 2.24) is 0 Å². The van der Waals surface area contributed by atoms with E-state index >= 15 is 0 Å². The van der Waals surface area contributed by atoms with E-state index in [9.17, 15) is 10.1 Å². The smallest absolute Gasteiger partial charge is 0.276 e. The van der Waals surface area contributed by atoms with Crippen LogP contribution in [0.4, 0.5) is 5.69 Å². The Bertz CT molecular complexity index is 598. The third-order valence-electron chi connectivity index (χ3n) is 2.93. The number of nitro benzene ring substituents is 1. The molecule has 0 saturated carbocycles. The summed E-state index contributed by atoms with van der Waals surface area (Å²) in [6.07, 6.45) is 0.493. The van der Waals surface area contributed by atoms with E-state index in [1.807, 2.05) is 18.2 Å². The second kappa shape index (κ2) is 6.68. The van der Waals surface area contributed by atoms with Gasteiger partial charge in [0.1, 0.15) is 12.4 Å². The van der Waals surface area contributed by atoms with Gasteiger partial charge < -0.3 is 9.84 Å². The number of aliphatic hydroxyl groups excluding tert-OH is 1. The van der Waals surface area contributed by atoms with Crippen molar-refractivity contribution in [2.75, 3.05) is 6.61 Å². The first-order chi connectivity index (χ1) is 9.72. The van der Waals surface area contributed by atoms with Crippen LogP contribution in [0.2, 0.25) is 0 Å². The zero-order chi connectivity index (χ0) is 14.4. The number of nitro groups is 1. The monoisotopic (exact) mass is 273 g/mol. The van der Waals surface area contributed by atoms with Gasteiger partial charge in [-0.1, -0.05) is 30.3 Å². The van der Waals surface area contributed by atoms with Crippen LogP contribution in [0, 0.1) is 10.1 Å². The minimum Gasteiger partial charge on any atom is -0.488 e. The van der Waals surface area contributed by atoms with Crippen molar-refractivity contribution in [3.05, 3.63) is 69.8 Å². The Balaban J connectivity index is 2.15. The zero-order valence-electron chi connectivity index (χ0n) is 10.9. The van der Waals surface area contributed by atoms with E-state index in [1.54, 1.807) is 24.3 Å². The van der Waals surface area contributed by atoms with Gasteiger partial charge in [0.05, 0.1) is 10.5 Å². The number of para-hydroxylation sites is 2. The van der Waals surface area contributed by atoms with Gasteiger partial charge in [-0.15, -0.1) is 0 Å². The molecule has 20 heavy (non-hydrogen) atoms. The predicted molar refractivity (Wildman–Crippen MR) is 74.7 cm³/mol. The van der Waals surface area contributed by atoms with Gasteiger partial charge in [-0.25, -0.2) is 0 Å². The van der Waals surface area contributed by atoms with Crippen molar-refractivity contribution in [3.8, 4) is 5.75 Å².